The van der Waals surface area contributed by atoms with E-state index in [0.29, 0.717) is 0 Å². The third-order valence-corrected chi connectivity index (χ3v) is 0.865. The molecule has 0 aliphatic heterocycles. The average Bonchev–Trinajstić information content (AvgIpc) is 2.09. The first-order chi connectivity index (χ1) is 5.27. The van der Waals surface area contributed by atoms with Crippen LogP contribution in [0, 0.1) is 0 Å². The minimum atomic E-state index is -1.48. The molecule has 12 heavy (non-hydrogen) atoms. The minimum absolute atomic E-state index is 0. The Hall–Kier alpha value is -0.220. The molecule has 0 aliphatic rings. The molecule has 0 spiro atoms. The molecule has 62 valence electrons. The van der Waals surface area contributed by atoms with Gasteiger partial charge in [-0.25, -0.2) is 4.79 Å². The molecular weight excluding hydrogens is 191 g/mol. The van der Waals surface area contributed by atoms with E-state index in [4.69, 9.17) is 9.90 Å². The maximum atomic E-state index is 9.01. The zero-order valence-corrected chi connectivity index (χ0v) is 9.36. The van der Waals surface area contributed by atoms with E-state index in [2.05, 4.69) is 16.2 Å². The summed E-state index contributed by atoms with van der Waals surface area (Å²) in [7, 11) is 0. The van der Waals surface area contributed by atoms with E-state index in [9.17, 15) is 0 Å². The van der Waals surface area contributed by atoms with Crippen molar-refractivity contribution in [2.75, 3.05) is 0 Å². The Balaban J connectivity index is -0.000000136. The van der Waals surface area contributed by atoms with Crippen molar-refractivity contribution in [1.82, 2.24) is 0 Å². The zero-order chi connectivity index (χ0) is 8.53. The summed E-state index contributed by atoms with van der Waals surface area (Å²) in [5.41, 5.74) is 0. The van der Waals surface area contributed by atoms with Crippen LogP contribution in [0.3, 0.4) is 0 Å². The molecule has 0 saturated heterocycles. The van der Waals surface area contributed by atoms with Crippen LogP contribution in [-0.2, 0) is 4.29 Å². The summed E-state index contributed by atoms with van der Waals surface area (Å²) in [6.45, 7) is 0. The molecule has 0 heterocycles. The summed E-state index contributed by atoms with van der Waals surface area (Å²) in [6, 6.07) is 12.0. The average molecular weight is 199 g/mol. The Morgan fingerprint density at radius 2 is 1.33 bits per heavy atom. The monoisotopic (exact) mass is 198 g/mol. The van der Waals surface area contributed by atoms with Crippen LogP contribution in [0.5, 0.6) is 0 Å². The van der Waals surface area contributed by atoms with Gasteiger partial charge in [0.1, 0.15) is 11.9 Å². The first-order valence-corrected chi connectivity index (χ1v) is 3.09. The van der Waals surface area contributed by atoms with E-state index >= 15 is 0 Å². The Labute approximate surface area is 99.2 Å². The van der Waals surface area contributed by atoms with E-state index in [1.165, 1.54) is 0 Å². The molecule has 5 heteroatoms. The number of hydrogen-bond donors (Lipinski definition) is 1. The van der Waals surface area contributed by atoms with Gasteiger partial charge in [-0.05, 0) is 0 Å². The fourth-order valence-corrected chi connectivity index (χ4v) is 0.385. The van der Waals surface area contributed by atoms with E-state index in [0.717, 1.165) is 0 Å². The van der Waals surface area contributed by atoms with Crippen molar-refractivity contribution >= 4 is 18.0 Å². The molecule has 1 rings (SSSR count). The fourth-order valence-electron chi connectivity index (χ4n) is 0.385. The van der Waals surface area contributed by atoms with Crippen LogP contribution in [0.25, 0.3) is 0 Å². The number of benzene rings is 1. The summed E-state index contributed by atoms with van der Waals surface area (Å²) < 4.78 is 3.14. The van der Waals surface area contributed by atoms with Crippen molar-refractivity contribution in [3.05, 3.63) is 36.4 Å². The maximum absolute atomic E-state index is 9.01. The number of rotatable bonds is 0. The third kappa shape index (κ3) is 12.5. The van der Waals surface area contributed by atoms with Gasteiger partial charge < -0.3 is 10.8 Å². The molecule has 0 fully saturated rings. The van der Waals surface area contributed by atoms with Crippen LogP contribution >= 0.6 is 11.9 Å². The Kier molecular flexibility index (Phi) is 12.9. The van der Waals surface area contributed by atoms with Gasteiger partial charge in [-0.15, -0.1) is 0 Å². The maximum Gasteiger partial charge on any atom is 1.00 e. The van der Waals surface area contributed by atoms with E-state index in [1.807, 2.05) is 36.4 Å². The molecule has 0 atom stereocenters. The van der Waals surface area contributed by atoms with Gasteiger partial charge in [0, 0.05) is 0 Å². The van der Waals surface area contributed by atoms with Gasteiger partial charge in [0.05, 0.1) is 0 Å². The van der Waals surface area contributed by atoms with Gasteiger partial charge in [-0.1, -0.05) is 36.4 Å². The molecule has 0 aromatic heterocycles. The molecule has 0 amide bonds. The summed E-state index contributed by atoms with van der Waals surface area (Å²) in [5.74, 6) is 0. The van der Waals surface area contributed by atoms with Crippen LogP contribution < -0.4 is 29.6 Å². The van der Waals surface area contributed by atoms with E-state index < -0.39 is 6.16 Å². The Morgan fingerprint density at radius 3 is 1.42 bits per heavy atom. The topological polar surface area (TPSA) is 46.5 Å². The molecule has 0 unspecified atom stereocenters. The second kappa shape index (κ2) is 10.8. The molecule has 1 aromatic rings. The van der Waals surface area contributed by atoms with E-state index in [1.54, 1.807) is 0 Å². The van der Waals surface area contributed by atoms with E-state index in [-0.39, 0.29) is 31.0 Å². The predicted octanol–water partition coefficient (Wildman–Crippen LogP) is -0.362. The van der Waals surface area contributed by atoms with Gasteiger partial charge in [0.15, 0.2) is 0 Å². The van der Waals surface area contributed by atoms with Crippen molar-refractivity contribution in [3.63, 3.8) is 0 Å². The van der Waals surface area contributed by atoms with Crippen LogP contribution in [0.2, 0.25) is 0 Å². The zero-order valence-electron chi connectivity index (χ0n) is 7.61. The molecule has 0 aliphatic carbocycles. The predicted molar refractivity (Wildman–Crippen MR) is 42.5 cm³/mol. The standard InChI is InChI=1S/C6H6.CHClO3.Na.H/c1-2-4-6-5-3-1;2-5-1(3)4;;/h1-6H;(H,3,4);;/q;;+1;-1. The molecule has 1 N–H and O–H groups in total. The van der Waals surface area contributed by atoms with Crippen molar-refractivity contribution in [1.29, 1.82) is 0 Å². The van der Waals surface area contributed by atoms with Gasteiger partial charge in [-0.2, -0.15) is 0 Å². The summed E-state index contributed by atoms with van der Waals surface area (Å²) in [6.07, 6.45) is -1.48. The fraction of sp³-hybridized carbons (Fsp3) is 0. The summed E-state index contributed by atoms with van der Waals surface area (Å²) in [5, 5.41) is 7.37. The first kappa shape index (κ1) is 14.3. The van der Waals surface area contributed by atoms with Crippen molar-refractivity contribution < 1.29 is 45.2 Å². The molecular formula is C7H8ClNaO3. The van der Waals surface area contributed by atoms with Gasteiger partial charge in [-0.3, -0.25) is 0 Å². The van der Waals surface area contributed by atoms with Crippen LogP contribution in [-0.4, -0.2) is 11.3 Å². The van der Waals surface area contributed by atoms with Crippen molar-refractivity contribution in [3.8, 4) is 0 Å². The Morgan fingerprint density at radius 1 is 1.17 bits per heavy atom. The molecule has 3 nitrogen and oxygen atoms in total. The number of hydrogen-bond acceptors (Lipinski definition) is 2. The number of halogens is 1. The molecule has 0 bridgehead atoms. The van der Waals surface area contributed by atoms with Crippen LogP contribution in [0.1, 0.15) is 1.43 Å². The first-order valence-electron chi connectivity index (χ1n) is 2.79. The summed E-state index contributed by atoms with van der Waals surface area (Å²) in [4.78, 5) is 9.01. The van der Waals surface area contributed by atoms with Crippen molar-refractivity contribution in [2.24, 2.45) is 0 Å². The molecule has 0 saturated carbocycles. The minimum Gasteiger partial charge on any atom is -1.00 e. The Bertz CT molecular complexity index is 171. The largest absolute Gasteiger partial charge is 1.00 e. The number of carboxylic acid groups (broad SMARTS) is 1. The normalized spacial score (nSPS) is 6.75. The molecule has 1 aromatic carbocycles. The smallest absolute Gasteiger partial charge is 1.00 e. The SMILES string of the molecule is O=C(O)OCl.[H-].[Na+].c1ccccc1. The number of carbonyl (C=O) groups is 1. The van der Waals surface area contributed by atoms with Crippen LogP contribution in [0.4, 0.5) is 4.79 Å². The second-order valence-corrected chi connectivity index (χ2v) is 1.65. The van der Waals surface area contributed by atoms with Crippen LogP contribution in [0.15, 0.2) is 36.4 Å². The summed E-state index contributed by atoms with van der Waals surface area (Å²) >= 11 is 4.24. The van der Waals surface area contributed by atoms with Crippen molar-refractivity contribution in [2.45, 2.75) is 0 Å². The van der Waals surface area contributed by atoms with Gasteiger partial charge in [0.2, 0.25) is 0 Å². The second-order valence-electron chi connectivity index (χ2n) is 1.50. The third-order valence-electron chi connectivity index (χ3n) is 0.733. The molecule has 0 radical (unpaired) electrons. The quantitative estimate of drug-likeness (QED) is 0.579. The van der Waals surface area contributed by atoms with Gasteiger partial charge >= 0.3 is 35.7 Å². The van der Waals surface area contributed by atoms with Gasteiger partial charge in [0.25, 0.3) is 0 Å².